The molecule has 0 aromatic heterocycles. The number of urea groups is 1. The van der Waals surface area contributed by atoms with Crippen molar-refractivity contribution in [3.63, 3.8) is 0 Å². The van der Waals surface area contributed by atoms with Gasteiger partial charge in [-0.2, -0.15) is 0 Å². The van der Waals surface area contributed by atoms with Crippen molar-refractivity contribution >= 4 is 63.1 Å². The average Bonchev–Trinajstić information content (AvgIpc) is 2.90. The van der Waals surface area contributed by atoms with E-state index in [2.05, 4.69) is 21.2 Å². The number of carbonyl (C=O) groups is 3. The fourth-order valence-corrected chi connectivity index (χ4v) is 3.47. The fourth-order valence-electron chi connectivity index (χ4n) is 2.59. The molecule has 0 bridgehead atoms. The Morgan fingerprint density at radius 1 is 1.17 bits per heavy atom. The lowest BCUT2D eigenvalue weighted by Crippen LogP contribution is -2.30. The Labute approximate surface area is 184 Å². The molecule has 0 spiro atoms. The minimum atomic E-state index is -1.17. The van der Waals surface area contributed by atoms with E-state index in [4.69, 9.17) is 33.0 Å². The lowest BCUT2D eigenvalue weighted by atomic mass is 10.1. The molecular formula is C19H13BrCl2N2O5. The van der Waals surface area contributed by atoms with Gasteiger partial charge in [-0.3, -0.25) is 9.69 Å². The van der Waals surface area contributed by atoms with Crippen molar-refractivity contribution in [2.24, 2.45) is 0 Å². The van der Waals surface area contributed by atoms with Crippen molar-refractivity contribution in [3.05, 3.63) is 67.7 Å². The maximum Gasteiger partial charge on any atom is 0.341 e. The van der Waals surface area contributed by atoms with Crippen molar-refractivity contribution in [1.82, 2.24) is 10.2 Å². The van der Waals surface area contributed by atoms with Gasteiger partial charge in [0, 0.05) is 4.47 Å². The molecule has 3 rings (SSSR count). The Morgan fingerprint density at radius 3 is 2.38 bits per heavy atom. The Morgan fingerprint density at radius 2 is 1.79 bits per heavy atom. The highest BCUT2D eigenvalue weighted by molar-refractivity contribution is 9.10. The molecule has 2 N–H and O–H groups in total. The largest absolute Gasteiger partial charge is 0.479 e. The standard InChI is InChI=1S/C19H13BrCl2N2O5/c20-12-3-1-10(2-4-12)8-24-18(27)15(23-19(24)28)7-11-5-13(21)17(14(22)6-11)29-9-16(25)26/h1-7H,8-9H2,(H,23,28)(H,25,26)/b15-7+. The number of nitrogens with one attached hydrogen (secondary N) is 1. The molecule has 10 heteroatoms. The van der Waals surface area contributed by atoms with E-state index in [0.29, 0.717) is 5.56 Å². The van der Waals surface area contributed by atoms with E-state index in [1.165, 1.54) is 18.2 Å². The SMILES string of the molecule is O=C(O)COc1c(Cl)cc(/C=C2/NC(=O)N(Cc3ccc(Br)cc3)C2=O)cc1Cl. The van der Waals surface area contributed by atoms with Crippen LogP contribution in [0.25, 0.3) is 6.08 Å². The van der Waals surface area contributed by atoms with Crippen LogP contribution in [0.15, 0.2) is 46.6 Å². The Hall–Kier alpha value is -2.55. The molecule has 2 aromatic carbocycles. The number of amides is 3. The number of nitrogens with zero attached hydrogens (tertiary/aromatic N) is 1. The van der Waals surface area contributed by atoms with Gasteiger partial charge in [0.1, 0.15) is 5.70 Å². The summed E-state index contributed by atoms with van der Waals surface area (Å²) in [6.45, 7) is -0.474. The maximum atomic E-state index is 12.6. The van der Waals surface area contributed by atoms with Gasteiger partial charge in [0.05, 0.1) is 16.6 Å². The monoisotopic (exact) mass is 498 g/mol. The van der Waals surface area contributed by atoms with Gasteiger partial charge in [-0.1, -0.05) is 51.3 Å². The highest BCUT2D eigenvalue weighted by Crippen LogP contribution is 2.35. The third kappa shape index (κ3) is 5.09. The number of carboxylic acid groups (broad SMARTS) is 1. The molecule has 0 unspecified atom stereocenters. The minimum Gasteiger partial charge on any atom is -0.479 e. The number of rotatable bonds is 6. The van der Waals surface area contributed by atoms with Crippen LogP contribution < -0.4 is 10.1 Å². The zero-order chi connectivity index (χ0) is 21.1. The van der Waals surface area contributed by atoms with Crippen molar-refractivity contribution < 1.29 is 24.2 Å². The summed E-state index contributed by atoms with van der Waals surface area (Å²) in [5.41, 5.74) is 1.30. The van der Waals surface area contributed by atoms with Crippen LogP contribution in [-0.2, 0) is 16.1 Å². The molecule has 2 aromatic rings. The molecule has 1 heterocycles. The summed E-state index contributed by atoms with van der Waals surface area (Å²) >= 11 is 15.5. The van der Waals surface area contributed by atoms with E-state index >= 15 is 0 Å². The molecule has 1 fully saturated rings. The van der Waals surface area contributed by atoms with Gasteiger partial charge in [0.15, 0.2) is 12.4 Å². The van der Waals surface area contributed by atoms with E-state index in [0.717, 1.165) is 14.9 Å². The van der Waals surface area contributed by atoms with E-state index in [9.17, 15) is 14.4 Å². The van der Waals surface area contributed by atoms with Crippen molar-refractivity contribution in [2.75, 3.05) is 6.61 Å². The number of benzene rings is 2. The van der Waals surface area contributed by atoms with Crippen molar-refractivity contribution in [1.29, 1.82) is 0 Å². The van der Waals surface area contributed by atoms with Crippen LogP contribution in [0.1, 0.15) is 11.1 Å². The summed E-state index contributed by atoms with van der Waals surface area (Å²) < 4.78 is 5.94. The number of ether oxygens (including phenoxy) is 1. The quantitative estimate of drug-likeness (QED) is 0.456. The number of carbonyl (C=O) groups excluding carboxylic acids is 2. The smallest absolute Gasteiger partial charge is 0.341 e. The zero-order valence-electron chi connectivity index (χ0n) is 14.6. The molecule has 29 heavy (non-hydrogen) atoms. The summed E-state index contributed by atoms with van der Waals surface area (Å²) in [6, 6.07) is 9.62. The summed E-state index contributed by atoms with van der Waals surface area (Å²) in [5, 5.41) is 11.4. The molecule has 150 valence electrons. The van der Waals surface area contributed by atoms with Crippen LogP contribution in [0.2, 0.25) is 10.0 Å². The molecule has 1 aliphatic rings. The molecule has 3 amide bonds. The van der Waals surface area contributed by atoms with Gasteiger partial charge >= 0.3 is 12.0 Å². The van der Waals surface area contributed by atoms with E-state index in [-0.39, 0.29) is 28.0 Å². The molecule has 0 aliphatic carbocycles. The van der Waals surface area contributed by atoms with Crippen LogP contribution in [0, 0.1) is 0 Å². The summed E-state index contributed by atoms with van der Waals surface area (Å²) in [5.74, 6) is -1.64. The van der Waals surface area contributed by atoms with Gasteiger partial charge in [-0.25, -0.2) is 9.59 Å². The van der Waals surface area contributed by atoms with E-state index in [1.807, 2.05) is 24.3 Å². The number of aliphatic carboxylic acids is 1. The number of imide groups is 1. The highest BCUT2D eigenvalue weighted by atomic mass is 79.9. The zero-order valence-corrected chi connectivity index (χ0v) is 17.7. The third-order valence-corrected chi connectivity index (χ3v) is 4.98. The molecule has 0 radical (unpaired) electrons. The summed E-state index contributed by atoms with van der Waals surface area (Å²) in [4.78, 5) is 36.5. The van der Waals surface area contributed by atoms with Crippen molar-refractivity contribution in [3.8, 4) is 5.75 Å². The summed E-state index contributed by atoms with van der Waals surface area (Å²) in [6.07, 6.45) is 1.43. The minimum absolute atomic E-state index is 0.0246. The molecule has 0 saturated carbocycles. The number of hydrogen-bond donors (Lipinski definition) is 2. The molecule has 7 nitrogen and oxygen atoms in total. The van der Waals surface area contributed by atoms with Crippen LogP contribution in [0.5, 0.6) is 5.75 Å². The first kappa shape index (κ1) is 21.2. The van der Waals surface area contributed by atoms with Gasteiger partial charge in [0.25, 0.3) is 5.91 Å². The predicted molar refractivity (Wildman–Crippen MR) is 111 cm³/mol. The maximum absolute atomic E-state index is 12.6. The first-order valence-corrected chi connectivity index (χ1v) is 9.72. The Kier molecular flexibility index (Phi) is 6.46. The first-order valence-electron chi connectivity index (χ1n) is 8.17. The fraction of sp³-hybridized carbons (Fsp3) is 0.105. The number of hydrogen-bond acceptors (Lipinski definition) is 4. The molecule has 0 atom stereocenters. The second-order valence-corrected chi connectivity index (χ2v) is 7.73. The van der Waals surface area contributed by atoms with E-state index < -0.39 is 24.5 Å². The second kappa shape index (κ2) is 8.86. The Bertz CT molecular complexity index is 1000. The van der Waals surface area contributed by atoms with E-state index in [1.54, 1.807) is 0 Å². The highest BCUT2D eigenvalue weighted by Gasteiger charge is 2.33. The van der Waals surface area contributed by atoms with Gasteiger partial charge < -0.3 is 15.2 Å². The predicted octanol–water partition coefficient (Wildman–Crippen LogP) is 4.31. The second-order valence-electron chi connectivity index (χ2n) is 6.00. The van der Waals surface area contributed by atoms with Gasteiger partial charge in [0.2, 0.25) is 0 Å². The van der Waals surface area contributed by atoms with Crippen LogP contribution >= 0.6 is 39.1 Å². The average molecular weight is 500 g/mol. The van der Waals surface area contributed by atoms with Crippen LogP contribution in [0.3, 0.4) is 0 Å². The first-order chi connectivity index (χ1) is 13.7. The summed E-state index contributed by atoms with van der Waals surface area (Å²) in [7, 11) is 0. The van der Waals surface area contributed by atoms with Crippen LogP contribution in [-0.4, -0.2) is 34.5 Å². The van der Waals surface area contributed by atoms with Crippen LogP contribution in [0.4, 0.5) is 4.79 Å². The van der Waals surface area contributed by atoms with Gasteiger partial charge in [-0.05, 0) is 41.5 Å². The molecule has 1 saturated heterocycles. The Balaban J connectivity index is 1.80. The third-order valence-electron chi connectivity index (χ3n) is 3.89. The molecule has 1 aliphatic heterocycles. The number of carboxylic acids is 1. The van der Waals surface area contributed by atoms with Crippen molar-refractivity contribution in [2.45, 2.75) is 6.54 Å². The van der Waals surface area contributed by atoms with Gasteiger partial charge in [-0.15, -0.1) is 0 Å². The molecular weight excluding hydrogens is 487 g/mol. The lowest BCUT2D eigenvalue weighted by molar-refractivity contribution is -0.139. The lowest BCUT2D eigenvalue weighted by Gasteiger charge is -2.11. The topological polar surface area (TPSA) is 95.9 Å². The normalized spacial score (nSPS) is 15.0. The number of halogens is 3.